The summed E-state index contributed by atoms with van der Waals surface area (Å²) in [5, 5.41) is 0. The highest BCUT2D eigenvalue weighted by molar-refractivity contribution is 5.95. The van der Waals surface area contributed by atoms with Gasteiger partial charge < -0.3 is 9.80 Å². The molecule has 1 aliphatic rings. The molecule has 0 radical (unpaired) electrons. The number of anilines is 1. The Morgan fingerprint density at radius 3 is 2.32 bits per heavy atom. The van der Waals surface area contributed by atoms with Crippen molar-refractivity contribution in [3.63, 3.8) is 0 Å². The van der Waals surface area contributed by atoms with E-state index >= 15 is 0 Å². The van der Waals surface area contributed by atoms with Gasteiger partial charge in [0.25, 0.3) is 0 Å². The van der Waals surface area contributed by atoms with Gasteiger partial charge in [0, 0.05) is 12.2 Å². The van der Waals surface area contributed by atoms with Gasteiger partial charge in [0.05, 0.1) is 12.5 Å². The maximum atomic E-state index is 13.0. The molecule has 3 heteroatoms. The molecule has 3 nitrogen and oxygen atoms in total. The summed E-state index contributed by atoms with van der Waals surface area (Å²) in [4.78, 5) is 17.2. The van der Waals surface area contributed by atoms with E-state index in [-0.39, 0.29) is 11.8 Å². The standard InChI is InChI=1S/C19H22N2O/c1-20-13-12-17(15-20)19(22)21(18-10-6-3-7-11-18)14-16-8-4-2-5-9-16/h2-11,17H,12-15H2,1H3/t17-/m1/s1. The van der Waals surface area contributed by atoms with Crippen LogP contribution in [-0.4, -0.2) is 30.9 Å². The van der Waals surface area contributed by atoms with Crippen LogP contribution in [0.4, 0.5) is 5.69 Å². The van der Waals surface area contributed by atoms with E-state index in [2.05, 4.69) is 24.1 Å². The first-order valence-electron chi connectivity index (χ1n) is 7.83. The summed E-state index contributed by atoms with van der Waals surface area (Å²) in [5.74, 6) is 0.341. The number of rotatable bonds is 4. The van der Waals surface area contributed by atoms with Crippen molar-refractivity contribution in [1.29, 1.82) is 0 Å². The van der Waals surface area contributed by atoms with E-state index in [9.17, 15) is 4.79 Å². The number of nitrogens with zero attached hydrogens (tertiary/aromatic N) is 2. The Morgan fingerprint density at radius 1 is 1.09 bits per heavy atom. The highest BCUT2D eigenvalue weighted by atomic mass is 16.2. The minimum atomic E-state index is 0.105. The van der Waals surface area contributed by atoms with Crippen molar-refractivity contribution in [2.75, 3.05) is 25.0 Å². The van der Waals surface area contributed by atoms with Gasteiger partial charge in [0.2, 0.25) is 5.91 Å². The quantitative estimate of drug-likeness (QED) is 0.864. The van der Waals surface area contributed by atoms with E-state index in [1.54, 1.807) is 0 Å². The number of amides is 1. The van der Waals surface area contributed by atoms with E-state index in [4.69, 9.17) is 0 Å². The Kier molecular flexibility index (Phi) is 4.54. The molecule has 3 rings (SSSR count). The van der Waals surface area contributed by atoms with Crippen LogP contribution in [0.2, 0.25) is 0 Å². The summed E-state index contributed by atoms with van der Waals surface area (Å²) in [6.07, 6.45) is 0.952. The zero-order chi connectivity index (χ0) is 15.4. The third-order valence-corrected chi connectivity index (χ3v) is 4.26. The van der Waals surface area contributed by atoms with Gasteiger partial charge in [0.15, 0.2) is 0 Å². The van der Waals surface area contributed by atoms with Crippen LogP contribution < -0.4 is 4.90 Å². The molecule has 0 aliphatic carbocycles. The molecule has 1 heterocycles. The van der Waals surface area contributed by atoms with E-state index in [1.165, 1.54) is 0 Å². The van der Waals surface area contributed by atoms with Crippen molar-refractivity contribution in [3.05, 3.63) is 66.2 Å². The van der Waals surface area contributed by atoms with Crippen LogP contribution in [0.3, 0.4) is 0 Å². The Bertz CT molecular complexity index is 612. The highest BCUT2D eigenvalue weighted by Crippen LogP contribution is 2.23. The molecule has 1 fully saturated rings. The number of carbonyl (C=O) groups is 1. The lowest BCUT2D eigenvalue weighted by atomic mass is 10.1. The normalized spacial score (nSPS) is 18.3. The largest absolute Gasteiger partial charge is 0.308 e. The first-order chi connectivity index (χ1) is 10.7. The predicted octanol–water partition coefficient (Wildman–Crippen LogP) is 3.17. The molecular weight excluding hydrogens is 272 g/mol. The van der Waals surface area contributed by atoms with Crippen LogP contribution in [-0.2, 0) is 11.3 Å². The average Bonchev–Trinajstić information content (AvgIpc) is 3.00. The second-order valence-corrected chi connectivity index (χ2v) is 5.99. The molecule has 2 aromatic rings. The van der Waals surface area contributed by atoms with Crippen molar-refractivity contribution in [2.24, 2.45) is 5.92 Å². The summed E-state index contributed by atoms with van der Waals surface area (Å²) >= 11 is 0. The lowest BCUT2D eigenvalue weighted by molar-refractivity contribution is -0.122. The van der Waals surface area contributed by atoms with Gasteiger partial charge in [-0.2, -0.15) is 0 Å². The smallest absolute Gasteiger partial charge is 0.231 e. The van der Waals surface area contributed by atoms with Gasteiger partial charge >= 0.3 is 0 Å². The topological polar surface area (TPSA) is 23.6 Å². The fourth-order valence-electron chi connectivity index (χ4n) is 3.03. The van der Waals surface area contributed by atoms with Gasteiger partial charge in [-0.15, -0.1) is 0 Å². The Hall–Kier alpha value is -2.13. The van der Waals surface area contributed by atoms with E-state index in [0.717, 1.165) is 30.8 Å². The lowest BCUT2D eigenvalue weighted by Gasteiger charge is -2.26. The Balaban J connectivity index is 1.84. The average molecular weight is 294 g/mol. The van der Waals surface area contributed by atoms with Gasteiger partial charge in [-0.3, -0.25) is 4.79 Å². The van der Waals surface area contributed by atoms with Gasteiger partial charge in [-0.25, -0.2) is 0 Å². The SMILES string of the molecule is CN1CC[C@@H](C(=O)N(Cc2ccccc2)c2ccccc2)C1. The number of hydrogen-bond donors (Lipinski definition) is 0. The van der Waals surface area contributed by atoms with Crippen molar-refractivity contribution < 1.29 is 4.79 Å². The number of para-hydroxylation sites is 1. The van der Waals surface area contributed by atoms with E-state index < -0.39 is 0 Å². The molecule has 1 saturated heterocycles. The summed E-state index contributed by atoms with van der Waals surface area (Å²) in [7, 11) is 2.08. The summed E-state index contributed by atoms with van der Waals surface area (Å²) < 4.78 is 0. The predicted molar refractivity (Wildman–Crippen MR) is 89.7 cm³/mol. The second-order valence-electron chi connectivity index (χ2n) is 5.99. The monoisotopic (exact) mass is 294 g/mol. The number of hydrogen-bond acceptors (Lipinski definition) is 2. The second kappa shape index (κ2) is 6.75. The van der Waals surface area contributed by atoms with Crippen LogP contribution in [0, 0.1) is 5.92 Å². The van der Waals surface area contributed by atoms with E-state index in [0.29, 0.717) is 6.54 Å². The molecule has 0 bridgehead atoms. The minimum absolute atomic E-state index is 0.105. The fourth-order valence-corrected chi connectivity index (χ4v) is 3.03. The van der Waals surface area contributed by atoms with Crippen LogP contribution in [0.5, 0.6) is 0 Å². The van der Waals surface area contributed by atoms with Crippen LogP contribution in [0.1, 0.15) is 12.0 Å². The summed E-state index contributed by atoms with van der Waals surface area (Å²) in [6.45, 7) is 2.49. The molecule has 0 N–H and O–H groups in total. The molecule has 1 atom stereocenters. The van der Waals surface area contributed by atoms with Crippen molar-refractivity contribution >= 4 is 11.6 Å². The molecule has 0 aromatic heterocycles. The number of carbonyl (C=O) groups excluding carboxylic acids is 1. The molecule has 1 aliphatic heterocycles. The molecule has 0 saturated carbocycles. The molecular formula is C19H22N2O. The zero-order valence-electron chi connectivity index (χ0n) is 13.0. The zero-order valence-corrected chi connectivity index (χ0v) is 13.0. The van der Waals surface area contributed by atoms with Crippen molar-refractivity contribution in [2.45, 2.75) is 13.0 Å². The van der Waals surface area contributed by atoms with Crippen molar-refractivity contribution in [3.8, 4) is 0 Å². The van der Waals surface area contributed by atoms with Crippen LogP contribution in [0.15, 0.2) is 60.7 Å². The highest BCUT2D eigenvalue weighted by Gasteiger charge is 2.30. The number of benzene rings is 2. The van der Waals surface area contributed by atoms with Crippen LogP contribution >= 0.6 is 0 Å². The van der Waals surface area contributed by atoms with Crippen molar-refractivity contribution in [1.82, 2.24) is 4.90 Å². The molecule has 0 unspecified atom stereocenters. The Labute approximate surface area is 132 Å². The summed E-state index contributed by atoms with van der Waals surface area (Å²) in [6, 6.07) is 20.2. The molecule has 114 valence electrons. The maximum Gasteiger partial charge on any atom is 0.231 e. The van der Waals surface area contributed by atoms with Gasteiger partial charge in [-0.05, 0) is 37.7 Å². The molecule has 1 amide bonds. The summed E-state index contributed by atoms with van der Waals surface area (Å²) in [5.41, 5.74) is 2.14. The van der Waals surface area contributed by atoms with Gasteiger partial charge in [0.1, 0.15) is 0 Å². The minimum Gasteiger partial charge on any atom is -0.308 e. The van der Waals surface area contributed by atoms with E-state index in [1.807, 2.05) is 53.4 Å². The number of likely N-dealkylation sites (tertiary alicyclic amines) is 1. The third-order valence-electron chi connectivity index (χ3n) is 4.26. The maximum absolute atomic E-state index is 13.0. The first kappa shape index (κ1) is 14.8. The third kappa shape index (κ3) is 3.37. The lowest BCUT2D eigenvalue weighted by Crippen LogP contribution is -2.36. The molecule has 2 aromatic carbocycles. The Morgan fingerprint density at radius 2 is 1.73 bits per heavy atom. The van der Waals surface area contributed by atoms with Gasteiger partial charge in [-0.1, -0.05) is 48.5 Å². The fraction of sp³-hybridized carbons (Fsp3) is 0.316. The van der Waals surface area contributed by atoms with Crippen LogP contribution in [0.25, 0.3) is 0 Å². The molecule has 0 spiro atoms. The molecule has 22 heavy (non-hydrogen) atoms. The first-order valence-corrected chi connectivity index (χ1v) is 7.83.